The van der Waals surface area contributed by atoms with Gasteiger partial charge < -0.3 is 15.7 Å². The number of aliphatic hydroxyl groups is 1. The summed E-state index contributed by atoms with van der Waals surface area (Å²) in [6.45, 7) is -0.246. The van der Waals surface area contributed by atoms with Crippen LogP contribution >= 0.6 is 0 Å². The van der Waals surface area contributed by atoms with Crippen molar-refractivity contribution in [1.29, 1.82) is 0 Å². The molecule has 8 nitrogen and oxygen atoms in total. The topological polar surface area (TPSA) is 116 Å². The fourth-order valence-electron chi connectivity index (χ4n) is 3.36. The number of H-pyrrole nitrogens is 1. The molecule has 0 saturated heterocycles. The van der Waals surface area contributed by atoms with Gasteiger partial charge in [-0.25, -0.2) is 23.1 Å². The zero-order valence-corrected chi connectivity index (χ0v) is 15.0. The zero-order chi connectivity index (χ0) is 20.5. The summed E-state index contributed by atoms with van der Waals surface area (Å²) in [6, 6.07) is 2.38. The Morgan fingerprint density at radius 3 is 2.86 bits per heavy atom. The van der Waals surface area contributed by atoms with Crippen LogP contribution in [0.1, 0.15) is 28.9 Å². The Kier molecular flexibility index (Phi) is 5.05. The van der Waals surface area contributed by atoms with Gasteiger partial charge in [0, 0.05) is 24.9 Å². The van der Waals surface area contributed by atoms with E-state index in [9.17, 15) is 23.1 Å². The monoisotopic (exact) mass is 406 g/mol. The van der Waals surface area contributed by atoms with Crippen molar-refractivity contribution in [2.45, 2.75) is 37.7 Å². The number of hydrogen-bond donors (Lipinski definition) is 4. The normalized spacial score (nSPS) is 21.4. The molecule has 11 heteroatoms. The van der Waals surface area contributed by atoms with Crippen LogP contribution in [0, 0.1) is 11.6 Å². The third kappa shape index (κ3) is 3.86. The number of benzene rings is 1. The third-order valence-electron chi connectivity index (χ3n) is 4.82. The smallest absolute Gasteiger partial charge is 0.270 e. The second-order valence-electron chi connectivity index (χ2n) is 6.82. The number of aromatic nitrogens is 4. The van der Waals surface area contributed by atoms with Gasteiger partial charge >= 0.3 is 0 Å². The van der Waals surface area contributed by atoms with E-state index in [-0.39, 0.29) is 47.5 Å². The summed E-state index contributed by atoms with van der Waals surface area (Å²) in [5.74, 6) is -1.69. The maximum absolute atomic E-state index is 13.8. The lowest BCUT2D eigenvalue weighted by molar-refractivity contribution is 0.0947. The number of alkyl halides is 1. The number of carbonyl (C=O) groups is 1. The minimum Gasteiger partial charge on any atom is -0.391 e. The van der Waals surface area contributed by atoms with E-state index < -0.39 is 35.9 Å². The number of amides is 1. The molecule has 152 valence electrons. The SMILES string of the molecule is O=C(NCc1cc(F)ccc1F)c1[nH]nc2ncnc(N[C@H]3C[C@@H](F)C[C@@H]3O)c12. The molecule has 1 aliphatic rings. The van der Waals surface area contributed by atoms with Crippen molar-refractivity contribution < 1.29 is 23.1 Å². The second-order valence-corrected chi connectivity index (χ2v) is 6.82. The van der Waals surface area contributed by atoms with Gasteiger partial charge in [-0.2, -0.15) is 5.10 Å². The molecular weight excluding hydrogens is 389 g/mol. The first-order valence-corrected chi connectivity index (χ1v) is 8.92. The lowest BCUT2D eigenvalue weighted by atomic mass is 10.2. The number of nitrogens with zero attached hydrogens (tertiary/aromatic N) is 3. The molecule has 3 atom stereocenters. The van der Waals surface area contributed by atoms with Crippen LogP contribution in [0.3, 0.4) is 0 Å². The molecule has 0 unspecified atom stereocenters. The van der Waals surface area contributed by atoms with Gasteiger partial charge in [0.15, 0.2) is 5.65 Å². The Morgan fingerprint density at radius 2 is 2.10 bits per heavy atom. The Hall–Kier alpha value is -3.21. The third-order valence-corrected chi connectivity index (χ3v) is 4.82. The van der Waals surface area contributed by atoms with Crippen molar-refractivity contribution >= 4 is 22.8 Å². The number of rotatable bonds is 5. The van der Waals surface area contributed by atoms with Gasteiger partial charge in [0.25, 0.3) is 5.91 Å². The highest BCUT2D eigenvalue weighted by Crippen LogP contribution is 2.28. The molecule has 1 aromatic carbocycles. The molecule has 0 radical (unpaired) electrons. The minimum atomic E-state index is -1.13. The quantitative estimate of drug-likeness (QED) is 0.514. The maximum atomic E-state index is 13.8. The van der Waals surface area contributed by atoms with Gasteiger partial charge in [-0.3, -0.25) is 9.89 Å². The molecule has 1 aliphatic carbocycles. The van der Waals surface area contributed by atoms with Gasteiger partial charge in [0.1, 0.15) is 35.6 Å². The van der Waals surface area contributed by atoms with E-state index in [0.29, 0.717) is 0 Å². The number of hydrogen-bond acceptors (Lipinski definition) is 6. The molecule has 1 saturated carbocycles. The summed E-state index contributed by atoms with van der Waals surface area (Å²) < 4.78 is 40.6. The van der Waals surface area contributed by atoms with E-state index >= 15 is 0 Å². The van der Waals surface area contributed by atoms with Crippen LogP contribution in [0.15, 0.2) is 24.5 Å². The number of anilines is 1. The van der Waals surface area contributed by atoms with Crippen LogP contribution in [-0.4, -0.2) is 49.5 Å². The first-order valence-electron chi connectivity index (χ1n) is 8.92. The number of fused-ring (bicyclic) bond motifs is 1. The Morgan fingerprint density at radius 1 is 1.28 bits per heavy atom. The highest BCUT2D eigenvalue weighted by atomic mass is 19.1. The fourth-order valence-corrected chi connectivity index (χ4v) is 3.36. The number of carbonyl (C=O) groups excluding carboxylic acids is 1. The minimum absolute atomic E-state index is 0.00389. The van der Waals surface area contributed by atoms with Crippen LogP contribution in [0.2, 0.25) is 0 Å². The molecule has 0 bridgehead atoms. The number of halogens is 3. The van der Waals surface area contributed by atoms with Gasteiger partial charge in [-0.05, 0) is 18.2 Å². The highest BCUT2D eigenvalue weighted by molar-refractivity contribution is 6.07. The van der Waals surface area contributed by atoms with Crippen LogP contribution in [0.5, 0.6) is 0 Å². The zero-order valence-electron chi connectivity index (χ0n) is 15.0. The molecule has 1 amide bonds. The standard InChI is InChI=1S/C18H17F3N6O2/c19-9-1-2-11(21)8(3-9)6-22-18(29)15-14-16(23-7-24-17(14)27-26-15)25-12-4-10(20)5-13(12)28/h1-3,7,10,12-13,28H,4-6H2,(H,22,29)(H2,23,24,25,26,27)/t10-,12+,13+/m1/s1. The lowest BCUT2D eigenvalue weighted by Gasteiger charge is -2.17. The Balaban J connectivity index is 1.57. The van der Waals surface area contributed by atoms with Crippen LogP contribution < -0.4 is 10.6 Å². The van der Waals surface area contributed by atoms with Gasteiger partial charge in [-0.15, -0.1) is 0 Å². The molecular formula is C18H17F3N6O2. The average Bonchev–Trinajstić information content (AvgIpc) is 3.26. The molecule has 2 heterocycles. The lowest BCUT2D eigenvalue weighted by Crippen LogP contribution is -2.29. The molecule has 4 N–H and O–H groups in total. The largest absolute Gasteiger partial charge is 0.391 e. The summed E-state index contributed by atoms with van der Waals surface area (Å²) in [4.78, 5) is 20.7. The Bertz CT molecular complexity index is 1060. The van der Waals surface area contributed by atoms with Crippen molar-refractivity contribution in [1.82, 2.24) is 25.5 Å². The van der Waals surface area contributed by atoms with E-state index in [1.807, 2.05) is 0 Å². The van der Waals surface area contributed by atoms with Crippen molar-refractivity contribution in [3.8, 4) is 0 Å². The molecule has 0 spiro atoms. The van der Waals surface area contributed by atoms with Gasteiger partial charge in [-0.1, -0.05) is 0 Å². The van der Waals surface area contributed by atoms with Gasteiger partial charge in [0.05, 0.1) is 17.5 Å². The van der Waals surface area contributed by atoms with Crippen LogP contribution in [0.4, 0.5) is 19.0 Å². The van der Waals surface area contributed by atoms with E-state index in [0.717, 1.165) is 18.2 Å². The predicted molar refractivity (Wildman–Crippen MR) is 96.8 cm³/mol. The van der Waals surface area contributed by atoms with Crippen molar-refractivity contribution in [2.75, 3.05) is 5.32 Å². The summed E-state index contributed by atoms with van der Waals surface area (Å²) in [7, 11) is 0. The molecule has 3 aromatic rings. The maximum Gasteiger partial charge on any atom is 0.270 e. The summed E-state index contributed by atoms with van der Waals surface area (Å²) in [5, 5.41) is 22.1. The van der Waals surface area contributed by atoms with Crippen LogP contribution in [-0.2, 0) is 6.54 Å². The number of aromatic amines is 1. The average molecular weight is 406 g/mol. The fraction of sp³-hybridized carbons (Fsp3) is 0.333. The van der Waals surface area contributed by atoms with Crippen molar-refractivity contribution in [2.24, 2.45) is 0 Å². The molecule has 29 heavy (non-hydrogen) atoms. The Labute approximate surface area is 162 Å². The van der Waals surface area contributed by atoms with Crippen LogP contribution in [0.25, 0.3) is 11.0 Å². The van der Waals surface area contributed by atoms with E-state index in [4.69, 9.17) is 0 Å². The summed E-state index contributed by atoms with van der Waals surface area (Å²) in [6.07, 6.45) is -0.679. The summed E-state index contributed by atoms with van der Waals surface area (Å²) in [5.41, 5.74) is 0.179. The number of nitrogens with one attached hydrogen (secondary N) is 3. The van der Waals surface area contributed by atoms with Gasteiger partial charge in [0.2, 0.25) is 0 Å². The second kappa shape index (κ2) is 7.66. The molecule has 0 aliphatic heterocycles. The van der Waals surface area contributed by atoms with E-state index in [1.165, 1.54) is 6.33 Å². The molecule has 2 aromatic heterocycles. The first kappa shape index (κ1) is 19.1. The molecule has 4 rings (SSSR count). The van der Waals surface area contributed by atoms with Crippen molar-refractivity contribution in [3.63, 3.8) is 0 Å². The number of aliphatic hydroxyl groups excluding tert-OH is 1. The molecule has 1 fully saturated rings. The van der Waals surface area contributed by atoms with Crippen molar-refractivity contribution in [3.05, 3.63) is 47.4 Å². The predicted octanol–water partition coefficient (Wildman–Crippen LogP) is 1.83. The van der Waals surface area contributed by atoms with E-state index in [1.54, 1.807) is 0 Å². The summed E-state index contributed by atoms with van der Waals surface area (Å²) >= 11 is 0. The van der Waals surface area contributed by atoms with E-state index in [2.05, 4.69) is 30.8 Å². The first-order chi connectivity index (χ1) is 13.9. The highest BCUT2D eigenvalue weighted by Gasteiger charge is 2.34.